The monoisotopic (exact) mass is 501 g/mol. The Balaban J connectivity index is 1.44. The number of aromatic nitrogens is 2. The summed E-state index contributed by atoms with van der Waals surface area (Å²) in [5, 5.41) is 11.5. The van der Waals surface area contributed by atoms with Crippen LogP contribution in [0, 0.1) is 5.82 Å². The molecule has 3 aromatic rings. The molecule has 0 radical (unpaired) electrons. The number of rotatable bonds is 8. The first kappa shape index (κ1) is 25.5. The number of carbonyl (C=O) groups is 2. The summed E-state index contributed by atoms with van der Waals surface area (Å²) < 4.78 is 14.4. The van der Waals surface area contributed by atoms with Crippen molar-refractivity contribution >= 4 is 46.3 Å². The van der Waals surface area contributed by atoms with Gasteiger partial charge >= 0.3 is 0 Å². The third kappa shape index (κ3) is 6.98. The lowest BCUT2D eigenvalue weighted by molar-refractivity contribution is -0.113. The molecule has 37 heavy (non-hydrogen) atoms. The summed E-state index contributed by atoms with van der Waals surface area (Å²) >= 11 is 0. The Morgan fingerprint density at radius 3 is 2.35 bits per heavy atom. The molecule has 0 bridgehead atoms. The molecule has 2 amide bonds. The first-order valence-corrected chi connectivity index (χ1v) is 11.7. The summed E-state index contributed by atoms with van der Waals surface area (Å²) in [5.41, 5.74) is 8.81. The van der Waals surface area contributed by atoms with Crippen molar-refractivity contribution in [3.8, 4) is 0 Å². The van der Waals surface area contributed by atoms with Crippen LogP contribution in [0.4, 0.5) is 38.9 Å². The van der Waals surface area contributed by atoms with Crippen LogP contribution in [0.2, 0.25) is 0 Å². The van der Waals surface area contributed by atoms with Gasteiger partial charge in [-0.15, -0.1) is 0 Å². The fourth-order valence-corrected chi connectivity index (χ4v) is 3.72. The maximum absolute atomic E-state index is 14.4. The Hall–Kier alpha value is -4.57. The van der Waals surface area contributed by atoms with E-state index in [4.69, 9.17) is 5.73 Å². The third-order valence-electron chi connectivity index (χ3n) is 5.77. The zero-order chi connectivity index (χ0) is 26.4. The molecule has 10 heteroatoms. The maximum Gasteiger partial charge on any atom is 0.251 e. The molecule has 0 saturated heterocycles. The highest BCUT2D eigenvalue weighted by molar-refractivity contribution is 6.04. The lowest BCUT2D eigenvalue weighted by Crippen LogP contribution is -2.38. The van der Waals surface area contributed by atoms with Crippen molar-refractivity contribution in [2.75, 3.05) is 21.3 Å². The van der Waals surface area contributed by atoms with Crippen molar-refractivity contribution < 1.29 is 14.0 Å². The highest BCUT2D eigenvalue weighted by Gasteiger charge is 2.24. The maximum atomic E-state index is 14.4. The van der Waals surface area contributed by atoms with Gasteiger partial charge in [0, 0.05) is 33.9 Å². The number of halogens is 1. The van der Waals surface area contributed by atoms with Crippen LogP contribution >= 0.6 is 0 Å². The number of amides is 2. The van der Waals surface area contributed by atoms with Gasteiger partial charge in [0.25, 0.3) is 5.91 Å². The van der Waals surface area contributed by atoms with Gasteiger partial charge in [-0.2, -0.15) is 4.98 Å². The molecular formula is C27H28FN7O2. The van der Waals surface area contributed by atoms with Gasteiger partial charge in [0.2, 0.25) is 11.9 Å². The smallest absolute Gasteiger partial charge is 0.251 e. The topological polar surface area (TPSA) is 134 Å². The van der Waals surface area contributed by atoms with Crippen molar-refractivity contribution in [1.29, 1.82) is 0 Å². The summed E-state index contributed by atoms with van der Waals surface area (Å²) in [7, 11) is 0. The number of hydrogen-bond donors (Lipinski definition) is 5. The molecule has 1 aliphatic carbocycles. The quantitative estimate of drug-likeness (QED) is 0.274. The van der Waals surface area contributed by atoms with Crippen LogP contribution in [0.5, 0.6) is 0 Å². The predicted octanol–water partition coefficient (Wildman–Crippen LogP) is 4.99. The number of nitrogens with two attached hydrogens (primary N) is 1. The lowest BCUT2D eigenvalue weighted by Gasteiger charge is -2.28. The highest BCUT2D eigenvalue weighted by Crippen LogP contribution is 2.27. The molecule has 4 rings (SSSR count). The predicted molar refractivity (Wildman–Crippen MR) is 143 cm³/mol. The van der Waals surface area contributed by atoms with E-state index in [-0.39, 0.29) is 29.1 Å². The molecule has 1 aliphatic rings. The fraction of sp³-hybridized carbons (Fsp3) is 0.185. The summed E-state index contributed by atoms with van der Waals surface area (Å²) in [5.74, 6) is -1.07. The average Bonchev–Trinajstić information content (AvgIpc) is 2.86. The van der Waals surface area contributed by atoms with Crippen LogP contribution in [-0.2, 0) is 9.59 Å². The van der Waals surface area contributed by atoms with E-state index >= 15 is 0 Å². The summed E-state index contributed by atoms with van der Waals surface area (Å²) in [6.45, 7) is 5.40. The molecule has 0 spiro atoms. The van der Waals surface area contributed by atoms with Gasteiger partial charge in [0.1, 0.15) is 0 Å². The highest BCUT2D eigenvalue weighted by atomic mass is 19.1. The zero-order valence-electron chi connectivity index (χ0n) is 20.3. The number of nitrogens with one attached hydrogen (secondary N) is 4. The zero-order valence-corrected chi connectivity index (χ0v) is 20.3. The standard InChI is InChI=1S/C27H28FN7O2/c1-3-23(36)31-18-6-4-7-19(14-18)32-24-22(28)16-30-26(35-24)34-21-9-5-8-20(15-21)33-25(37)17-10-12-27(2,29)13-11-17/h3-10,14-16H,1,11-13,29H2,2H3,(H,31,36)(H,33,37)(H2,30,32,34,35). The summed E-state index contributed by atoms with van der Waals surface area (Å²) in [4.78, 5) is 32.4. The van der Waals surface area contributed by atoms with Gasteiger partial charge in [-0.3, -0.25) is 9.59 Å². The van der Waals surface area contributed by atoms with Crippen LogP contribution in [0.3, 0.4) is 0 Å². The molecule has 1 aromatic heterocycles. The van der Waals surface area contributed by atoms with Gasteiger partial charge in [-0.05, 0) is 68.7 Å². The molecule has 0 saturated carbocycles. The number of nitrogens with zero attached hydrogens (tertiary/aromatic N) is 2. The second-order valence-electron chi connectivity index (χ2n) is 9.04. The minimum Gasteiger partial charge on any atom is -0.338 e. The fourth-order valence-electron chi connectivity index (χ4n) is 3.72. The Bertz CT molecular complexity index is 1370. The Kier molecular flexibility index (Phi) is 7.59. The second kappa shape index (κ2) is 11.0. The van der Waals surface area contributed by atoms with Crippen LogP contribution in [0.1, 0.15) is 26.2 Å². The molecule has 0 fully saturated rings. The minimum absolute atomic E-state index is 0.0507. The van der Waals surface area contributed by atoms with Crippen molar-refractivity contribution in [2.24, 2.45) is 5.73 Å². The summed E-state index contributed by atoms with van der Waals surface area (Å²) in [6, 6.07) is 13.8. The molecule has 190 valence electrons. The number of hydrogen-bond acceptors (Lipinski definition) is 7. The van der Waals surface area contributed by atoms with Gasteiger partial charge in [0.05, 0.1) is 6.20 Å². The third-order valence-corrected chi connectivity index (χ3v) is 5.77. The van der Waals surface area contributed by atoms with Crippen LogP contribution in [-0.4, -0.2) is 27.3 Å². The van der Waals surface area contributed by atoms with E-state index in [1.165, 1.54) is 0 Å². The van der Waals surface area contributed by atoms with Crippen molar-refractivity contribution in [2.45, 2.75) is 31.7 Å². The number of carbonyl (C=O) groups excluding carboxylic acids is 2. The lowest BCUT2D eigenvalue weighted by atomic mass is 9.85. The Morgan fingerprint density at radius 1 is 1.05 bits per heavy atom. The normalized spacial score (nSPS) is 16.8. The van der Waals surface area contributed by atoms with Crippen LogP contribution in [0.15, 0.2) is 79.0 Å². The van der Waals surface area contributed by atoms with Crippen molar-refractivity contribution in [3.05, 3.63) is 84.8 Å². The number of anilines is 6. The molecular weight excluding hydrogens is 473 g/mol. The molecule has 6 N–H and O–H groups in total. The van der Waals surface area contributed by atoms with Gasteiger partial charge in [0.15, 0.2) is 11.6 Å². The van der Waals surface area contributed by atoms with E-state index in [2.05, 4.69) is 37.8 Å². The molecule has 1 heterocycles. The largest absolute Gasteiger partial charge is 0.338 e. The minimum atomic E-state index is -0.651. The van der Waals surface area contributed by atoms with E-state index in [0.717, 1.165) is 18.7 Å². The van der Waals surface area contributed by atoms with Gasteiger partial charge in [-0.1, -0.05) is 24.8 Å². The van der Waals surface area contributed by atoms with E-state index in [1.54, 1.807) is 48.5 Å². The van der Waals surface area contributed by atoms with Crippen LogP contribution in [0.25, 0.3) is 0 Å². The first-order valence-electron chi connectivity index (χ1n) is 11.7. The SMILES string of the molecule is C=CC(=O)Nc1cccc(Nc2nc(Nc3cccc(NC(=O)C4=CCC(C)(N)CC4)c3)ncc2F)c1. The molecule has 0 aliphatic heterocycles. The Morgan fingerprint density at radius 2 is 1.70 bits per heavy atom. The van der Waals surface area contributed by atoms with Crippen LogP contribution < -0.4 is 27.0 Å². The van der Waals surface area contributed by atoms with Crippen molar-refractivity contribution in [1.82, 2.24) is 9.97 Å². The summed E-state index contributed by atoms with van der Waals surface area (Å²) in [6.07, 6.45) is 6.13. The van der Waals surface area contributed by atoms with E-state index < -0.39 is 5.82 Å². The molecule has 1 atom stereocenters. The van der Waals surface area contributed by atoms with Gasteiger partial charge < -0.3 is 27.0 Å². The molecule has 9 nitrogen and oxygen atoms in total. The second-order valence-corrected chi connectivity index (χ2v) is 9.04. The van der Waals surface area contributed by atoms with Gasteiger partial charge in [-0.25, -0.2) is 9.37 Å². The molecule has 2 aromatic carbocycles. The van der Waals surface area contributed by atoms with E-state index in [0.29, 0.717) is 41.2 Å². The van der Waals surface area contributed by atoms with E-state index in [1.807, 2.05) is 13.0 Å². The van der Waals surface area contributed by atoms with Crippen molar-refractivity contribution in [3.63, 3.8) is 0 Å². The average molecular weight is 502 g/mol. The van der Waals surface area contributed by atoms with E-state index in [9.17, 15) is 14.0 Å². The number of benzene rings is 2. The molecule has 1 unspecified atom stereocenters. The first-order chi connectivity index (χ1) is 17.7. The Labute approximate surface area is 214 Å².